The molecule has 2 N–H and O–H groups in total. The normalized spacial score (nSPS) is 12.1. The van der Waals surface area contributed by atoms with Crippen LogP contribution in [0.4, 0.5) is 0 Å². The van der Waals surface area contributed by atoms with Gasteiger partial charge in [-0.3, -0.25) is 4.79 Å². The zero-order valence-electron chi connectivity index (χ0n) is 12.9. The van der Waals surface area contributed by atoms with E-state index in [2.05, 4.69) is 43.1 Å². The zero-order chi connectivity index (χ0) is 15.2. The van der Waals surface area contributed by atoms with Crippen LogP contribution in [0.25, 0.3) is 0 Å². The second kappa shape index (κ2) is 7.38. The quantitative estimate of drug-likeness (QED) is 0.679. The fraction of sp³-hybridized carbons (Fsp3) is 0.786. The van der Waals surface area contributed by atoms with Gasteiger partial charge in [0.05, 0.1) is 6.54 Å². The lowest BCUT2D eigenvalue weighted by Gasteiger charge is -2.23. The van der Waals surface area contributed by atoms with Crippen LogP contribution in [0.1, 0.15) is 58.8 Å². The number of nitrogens with one attached hydrogen (secondary N) is 1. The van der Waals surface area contributed by atoms with Crippen LogP contribution in [-0.2, 0) is 11.3 Å². The number of nitrogens with zero attached hydrogens (tertiary/aromatic N) is 3. The maximum atomic E-state index is 10.6. The summed E-state index contributed by atoms with van der Waals surface area (Å²) in [5.41, 5.74) is 0.0388. The molecular weight excluding hydrogens is 256 g/mol. The van der Waals surface area contributed by atoms with Gasteiger partial charge >= 0.3 is 5.97 Å². The van der Waals surface area contributed by atoms with E-state index in [9.17, 15) is 4.79 Å². The van der Waals surface area contributed by atoms with Crippen molar-refractivity contribution in [1.29, 1.82) is 0 Å². The average Bonchev–Trinajstić information content (AvgIpc) is 2.81. The van der Waals surface area contributed by atoms with E-state index in [4.69, 9.17) is 5.11 Å². The van der Waals surface area contributed by atoms with Crippen molar-refractivity contribution in [2.75, 3.05) is 6.54 Å². The van der Waals surface area contributed by atoms with Crippen molar-refractivity contribution in [3.63, 3.8) is 0 Å². The predicted molar refractivity (Wildman–Crippen MR) is 77.4 cm³/mol. The molecule has 0 aliphatic carbocycles. The highest BCUT2D eigenvalue weighted by molar-refractivity contribution is 5.66. The fourth-order valence-electron chi connectivity index (χ4n) is 2.03. The van der Waals surface area contributed by atoms with Crippen LogP contribution in [0.2, 0.25) is 0 Å². The van der Waals surface area contributed by atoms with Crippen molar-refractivity contribution in [2.45, 2.75) is 59.5 Å². The van der Waals surface area contributed by atoms with E-state index in [0.29, 0.717) is 19.0 Å². The molecule has 0 aromatic carbocycles. The highest BCUT2D eigenvalue weighted by atomic mass is 16.4. The van der Waals surface area contributed by atoms with Crippen molar-refractivity contribution in [1.82, 2.24) is 20.1 Å². The zero-order valence-corrected chi connectivity index (χ0v) is 12.9. The number of aliphatic carboxylic acids is 1. The molecule has 1 aromatic rings. The van der Waals surface area contributed by atoms with Crippen molar-refractivity contribution in [3.05, 3.63) is 12.2 Å². The minimum atomic E-state index is -0.726. The number of hydrogen-bond donors (Lipinski definition) is 2. The molecule has 1 aromatic heterocycles. The summed E-state index contributed by atoms with van der Waals surface area (Å²) < 4.78 is 1.91. The highest BCUT2D eigenvalue weighted by Gasteiger charge is 2.18. The summed E-state index contributed by atoms with van der Waals surface area (Å²) in [5.74, 6) is 0.208. The molecule has 0 spiro atoms. The maximum Gasteiger partial charge on any atom is 0.303 e. The molecule has 20 heavy (non-hydrogen) atoms. The van der Waals surface area contributed by atoms with E-state index in [0.717, 1.165) is 18.8 Å². The third kappa shape index (κ3) is 5.69. The Morgan fingerprint density at radius 2 is 2.15 bits per heavy atom. The van der Waals surface area contributed by atoms with Crippen LogP contribution < -0.4 is 5.32 Å². The average molecular weight is 282 g/mol. The van der Waals surface area contributed by atoms with E-state index in [1.807, 2.05) is 4.68 Å². The Hall–Kier alpha value is -1.43. The molecule has 6 nitrogen and oxygen atoms in total. The lowest BCUT2D eigenvalue weighted by Crippen LogP contribution is -2.24. The lowest BCUT2D eigenvalue weighted by molar-refractivity contribution is -0.137. The first-order valence-electron chi connectivity index (χ1n) is 7.13. The molecule has 0 aliphatic heterocycles. The molecule has 0 aliphatic rings. The van der Waals surface area contributed by atoms with Crippen molar-refractivity contribution in [2.24, 2.45) is 5.41 Å². The van der Waals surface area contributed by atoms with E-state index in [-0.39, 0.29) is 11.8 Å². The summed E-state index contributed by atoms with van der Waals surface area (Å²) in [7, 11) is 0. The Morgan fingerprint density at radius 1 is 1.45 bits per heavy atom. The molecule has 0 atom stereocenters. The minimum Gasteiger partial charge on any atom is -0.481 e. The number of hydrogen-bond acceptors (Lipinski definition) is 4. The van der Waals surface area contributed by atoms with E-state index >= 15 is 0 Å². The van der Waals surface area contributed by atoms with Crippen LogP contribution in [0.5, 0.6) is 0 Å². The third-order valence-electron chi connectivity index (χ3n) is 3.41. The van der Waals surface area contributed by atoms with Crippen LogP contribution in [0, 0.1) is 5.41 Å². The van der Waals surface area contributed by atoms with Crippen LogP contribution in [-0.4, -0.2) is 32.4 Å². The first-order valence-corrected chi connectivity index (χ1v) is 7.13. The van der Waals surface area contributed by atoms with Crippen molar-refractivity contribution in [3.8, 4) is 0 Å². The van der Waals surface area contributed by atoms with E-state index < -0.39 is 5.97 Å². The van der Waals surface area contributed by atoms with Crippen LogP contribution in [0.3, 0.4) is 0 Å². The first-order chi connectivity index (χ1) is 9.32. The Balaban J connectivity index is 2.30. The smallest absolute Gasteiger partial charge is 0.303 e. The standard InChI is InChI=1S/C14H26N4O2/c1-11(2)18-12(16-10-17-18)9-15-8-7-14(3,4)6-5-13(19)20/h10-11,15H,5-9H2,1-4H3,(H,19,20). The molecule has 0 fully saturated rings. The van der Waals surface area contributed by atoms with Crippen molar-refractivity contribution >= 4 is 5.97 Å². The maximum absolute atomic E-state index is 10.6. The van der Waals surface area contributed by atoms with Gasteiger partial charge in [0.15, 0.2) is 0 Å². The Morgan fingerprint density at radius 3 is 2.75 bits per heavy atom. The molecule has 0 bridgehead atoms. The second-order valence-corrected chi connectivity index (χ2v) is 6.20. The molecule has 0 saturated carbocycles. The van der Waals surface area contributed by atoms with Crippen molar-refractivity contribution < 1.29 is 9.90 Å². The summed E-state index contributed by atoms with van der Waals surface area (Å²) in [6.45, 7) is 9.90. The van der Waals surface area contributed by atoms with Gasteiger partial charge in [0.2, 0.25) is 0 Å². The van der Waals surface area contributed by atoms with Gasteiger partial charge < -0.3 is 10.4 Å². The molecule has 114 valence electrons. The number of aromatic nitrogens is 3. The molecule has 0 saturated heterocycles. The molecule has 0 radical (unpaired) electrons. The summed E-state index contributed by atoms with van der Waals surface area (Å²) >= 11 is 0. The van der Waals surface area contributed by atoms with Gasteiger partial charge in [-0.25, -0.2) is 9.67 Å². The van der Waals surface area contributed by atoms with Gasteiger partial charge in [0.1, 0.15) is 12.2 Å². The topological polar surface area (TPSA) is 80.0 Å². The highest BCUT2D eigenvalue weighted by Crippen LogP contribution is 2.26. The minimum absolute atomic E-state index is 0.0388. The SMILES string of the molecule is CC(C)n1ncnc1CNCCC(C)(C)CCC(=O)O. The van der Waals surface area contributed by atoms with Gasteiger partial charge in [-0.1, -0.05) is 13.8 Å². The van der Waals surface area contributed by atoms with E-state index in [1.165, 1.54) is 0 Å². The second-order valence-electron chi connectivity index (χ2n) is 6.20. The number of rotatable bonds is 9. The van der Waals surface area contributed by atoms with E-state index in [1.54, 1.807) is 6.33 Å². The Kier molecular flexibility index (Phi) is 6.13. The number of carboxylic acid groups (broad SMARTS) is 1. The monoisotopic (exact) mass is 282 g/mol. The summed E-state index contributed by atoms with van der Waals surface area (Å²) in [6, 6.07) is 0.307. The number of carbonyl (C=O) groups is 1. The summed E-state index contributed by atoms with van der Waals surface area (Å²) in [6.07, 6.45) is 3.45. The Labute approximate surface area is 120 Å². The van der Waals surface area contributed by atoms with Gasteiger partial charge in [-0.2, -0.15) is 5.10 Å². The van der Waals surface area contributed by atoms with Crippen LogP contribution >= 0.6 is 0 Å². The Bertz CT molecular complexity index is 427. The molecule has 1 heterocycles. The molecule has 6 heteroatoms. The largest absolute Gasteiger partial charge is 0.481 e. The third-order valence-corrected chi connectivity index (χ3v) is 3.41. The van der Waals surface area contributed by atoms with Gasteiger partial charge in [0.25, 0.3) is 0 Å². The fourth-order valence-corrected chi connectivity index (χ4v) is 2.03. The van der Waals surface area contributed by atoms with Gasteiger partial charge in [-0.15, -0.1) is 0 Å². The lowest BCUT2D eigenvalue weighted by atomic mass is 9.84. The number of carboxylic acids is 1. The van der Waals surface area contributed by atoms with Gasteiger partial charge in [-0.05, 0) is 38.6 Å². The van der Waals surface area contributed by atoms with Crippen LogP contribution in [0.15, 0.2) is 6.33 Å². The molecule has 0 unspecified atom stereocenters. The molecule has 0 amide bonds. The molecule has 1 rings (SSSR count). The summed E-state index contributed by atoms with van der Waals surface area (Å²) in [5, 5.41) is 16.3. The molecular formula is C14H26N4O2. The van der Waals surface area contributed by atoms with Gasteiger partial charge in [0, 0.05) is 12.5 Å². The first kappa shape index (κ1) is 16.6. The predicted octanol–water partition coefficient (Wildman–Crippen LogP) is 2.23. The summed E-state index contributed by atoms with van der Waals surface area (Å²) in [4.78, 5) is 14.8.